The van der Waals surface area contributed by atoms with E-state index < -0.39 is 0 Å². The zero-order valence-corrected chi connectivity index (χ0v) is 11.5. The molecule has 0 amide bonds. The van der Waals surface area contributed by atoms with Gasteiger partial charge in [-0.1, -0.05) is 48.5 Å². The van der Waals surface area contributed by atoms with Gasteiger partial charge in [0.1, 0.15) is 5.78 Å². The number of nitrogens with one attached hydrogen (secondary N) is 1. The summed E-state index contributed by atoms with van der Waals surface area (Å²) in [6.45, 7) is 0. The van der Waals surface area contributed by atoms with Gasteiger partial charge in [-0.15, -0.1) is 0 Å². The molecule has 0 saturated heterocycles. The van der Waals surface area contributed by atoms with Crippen LogP contribution >= 0.6 is 0 Å². The minimum atomic E-state index is 0.0618. The van der Waals surface area contributed by atoms with Crippen LogP contribution in [0.4, 0.5) is 5.69 Å². The van der Waals surface area contributed by atoms with E-state index in [2.05, 4.69) is 17.4 Å². The second-order valence-corrected chi connectivity index (χ2v) is 5.42. The molecule has 1 atom stereocenters. The zero-order valence-electron chi connectivity index (χ0n) is 11.5. The molecule has 2 heteroatoms. The second kappa shape index (κ2) is 5.91. The molecule has 3 rings (SSSR count). The minimum absolute atomic E-state index is 0.0618. The highest BCUT2D eigenvalue weighted by Gasteiger charge is 2.31. The van der Waals surface area contributed by atoms with Crippen molar-refractivity contribution in [3.63, 3.8) is 0 Å². The van der Waals surface area contributed by atoms with Crippen LogP contribution < -0.4 is 5.32 Å². The van der Waals surface area contributed by atoms with Crippen LogP contribution in [0.25, 0.3) is 0 Å². The second-order valence-electron chi connectivity index (χ2n) is 5.42. The van der Waals surface area contributed by atoms with Crippen LogP contribution in [0.3, 0.4) is 0 Å². The van der Waals surface area contributed by atoms with E-state index in [4.69, 9.17) is 0 Å². The number of anilines is 1. The largest absolute Gasteiger partial charge is 0.378 e. The van der Waals surface area contributed by atoms with E-state index in [9.17, 15) is 4.79 Å². The van der Waals surface area contributed by atoms with Crippen molar-refractivity contribution in [3.05, 3.63) is 66.2 Å². The van der Waals surface area contributed by atoms with Gasteiger partial charge in [0.2, 0.25) is 0 Å². The first kappa shape index (κ1) is 12.9. The summed E-state index contributed by atoms with van der Waals surface area (Å²) in [7, 11) is 0. The number of hydrogen-bond acceptors (Lipinski definition) is 2. The third-order valence-corrected chi connectivity index (χ3v) is 3.75. The molecule has 20 heavy (non-hydrogen) atoms. The lowest BCUT2D eigenvalue weighted by molar-refractivity contribution is -0.120. The molecule has 102 valence electrons. The number of Topliss-reactive ketones (excluding diaryl/α,β-unsaturated/α-hetero) is 1. The lowest BCUT2D eigenvalue weighted by Gasteiger charge is -2.20. The molecule has 0 aromatic heterocycles. The number of hydrogen-bond donors (Lipinski definition) is 1. The van der Waals surface area contributed by atoms with Crippen LogP contribution in [-0.2, 0) is 4.79 Å². The molecule has 1 aliphatic rings. The van der Waals surface area contributed by atoms with Gasteiger partial charge < -0.3 is 5.32 Å². The van der Waals surface area contributed by atoms with E-state index in [0.29, 0.717) is 18.1 Å². The van der Waals surface area contributed by atoms with E-state index in [1.54, 1.807) is 0 Å². The Bertz CT molecular complexity index is 560. The van der Waals surface area contributed by atoms with Crippen molar-refractivity contribution in [2.75, 3.05) is 5.32 Å². The average Bonchev–Trinajstić information content (AvgIpc) is 3.33. The molecular formula is C18H19NO. The summed E-state index contributed by atoms with van der Waals surface area (Å²) in [6.07, 6.45) is 2.72. The number of benzene rings is 2. The van der Waals surface area contributed by atoms with Gasteiger partial charge in [0.05, 0.1) is 6.04 Å². The van der Waals surface area contributed by atoms with Crippen LogP contribution in [0.15, 0.2) is 60.7 Å². The molecule has 0 heterocycles. The van der Waals surface area contributed by atoms with Crippen LogP contribution in [-0.4, -0.2) is 5.78 Å². The molecule has 1 N–H and O–H groups in total. The lowest BCUT2D eigenvalue weighted by atomic mass is 9.99. The number of carbonyl (C=O) groups is 1. The third-order valence-electron chi connectivity index (χ3n) is 3.75. The predicted octanol–water partition coefficient (Wildman–Crippen LogP) is 4.21. The number of para-hydroxylation sites is 1. The fourth-order valence-electron chi connectivity index (χ4n) is 2.45. The molecule has 2 aromatic carbocycles. The van der Waals surface area contributed by atoms with E-state index in [1.807, 2.05) is 48.5 Å². The zero-order chi connectivity index (χ0) is 13.8. The number of ketones is 1. The van der Waals surface area contributed by atoms with E-state index in [1.165, 1.54) is 5.56 Å². The van der Waals surface area contributed by atoms with Crippen LogP contribution in [0, 0.1) is 5.92 Å². The van der Waals surface area contributed by atoms with Crippen molar-refractivity contribution < 1.29 is 4.79 Å². The molecule has 0 radical (unpaired) electrons. The summed E-state index contributed by atoms with van der Waals surface area (Å²) >= 11 is 0. The number of rotatable bonds is 6. The fourth-order valence-corrected chi connectivity index (χ4v) is 2.45. The Labute approximate surface area is 119 Å². The Morgan fingerprint density at radius 1 is 1.00 bits per heavy atom. The van der Waals surface area contributed by atoms with E-state index in [0.717, 1.165) is 18.5 Å². The summed E-state index contributed by atoms with van der Waals surface area (Å²) in [5.74, 6) is 0.709. The van der Waals surface area contributed by atoms with Gasteiger partial charge in [0, 0.05) is 18.0 Å². The molecule has 1 fully saturated rings. The maximum atomic E-state index is 12.1. The highest BCUT2D eigenvalue weighted by Crippen LogP contribution is 2.34. The van der Waals surface area contributed by atoms with Crippen molar-refractivity contribution in [1.29, 1.82) is 0 Å². The fraction of sp³-hybridized carbons (Fsp3) is 0.278. The molecule has 0 bridgehead atoms. The Balaban J connectivity index is 1.77. The van der Waals surface area contributed by atoms with E-state index in [-0.39, 0.29) is 6.04 Å². The monoisotopic (exact) mass is 265 g/mol. The first-order chi connectivity index (χ1) is 9.83. The highest BCUT2D eigenvalue weighted by atomic mass is 16.1. The molecule has 0 aliphatic heterocycles. The maximum Gasteiger partial charge on any atom is 0.138 e. The topological polar surface area (TPSA) is 29.1 Å². The first-order valence-electron chi connectivity index (χ1n) is 7.22. The number of carbonyl (C=O) groups excluding carboxylic acids is 1. The molecule has 0 unspecified atom stereocenters. The first-order valence-corrected chi connectivity index (χ1v) is 7.22. The molecular weight excluding hydrogens is 246 g/mol. The SMILES string of the molecule is O=C(C[C@H](Nc1ccccc1)c1ccccc1)C1CC1. The van der Waals surface area contributed by atoms with Gasteiger partial charge in [-0.05, 0) is 30.5 Å². The summed E-state index contributed by atoms with van der Waals surface area (Å²) < 4.78 is 0. The Hall–Kier alpha value is -2.09. The quantitative estimate of drug-likeness (QED) is 0.847. The van der Waals surface area contributed by atoms with E-state index >= 15 is 0 Å². The van der Waals surface area contributed by atoms with Gasteiger partial charge in [-0.25, -0.2) is 0 Å². The summed E-state index contributed by atoms with van der Waals surface area (Å²) in [6, 6.07) is 20.4. The van der Waals surface area contributed by atoms with Crippen molar-refractivity contribution in [2.24, 2.45) is 5.92 Å². The van der Waals surface area contributed by atoms with Gasteiger partial charge >= 0.3 is 0 Å². The van der Waals surface area contributed by atoms with Crippen LogP contribution in [0.5, 0.6) is 0 Å². The molecule has 2 nitrogen and oxygen atoms in total. The summed E-state index contributed by atoms with van der Waals surface area (Å²) in [5, 5.41) is 3.49. The molecule has 1 saturated carbocycles. The molecule has 0 spiro atoms. The lowest BCUT2D eigenvalue weighted by Crippen LogP contribution is -2.16. The molecule has 2 aromatic rings. The normalized spacial score (nSPS) is 15.6. The van der Waals surface area contributed by atoms with Gasteiger partial charge in [0.15, 0.2) is 0 Å². The van der Waals surface area contributed by atoms with Crippen molar-refractivity contribution >= 4 is 11.5 Å². The Kier molecular flexibility index (Phi) is 3.82. The minimum Gasteiger partial charge on any atom is -0.378 e. The highest BCUT2D eigenvalue weighted by molar-refractivity contribution is 5.84. The predicted molar refractivity (Wildman–Crippen MR) is 81.6 cm³/mol. The standard InChI is InChI=1S/C18H19NO/c20-18(15-11-12-15)13-17(14-7-3-1-4-8-14)19-16-9-5-2-6-10-16/h1-10,15,17,19H,11-13H2/t17-/m0/s1. The summed E-state index contributed by atoms with van der Waals surface area (Å²) in [4.78, 5) is 12.1. The smallest absolute Gasteiger partial charge is 0.138 e. The average molecular weight is 265 g/mol. The molecule has 1 aliphatic carbocycles. The summed E-state index contributed by atoms with van der Waals surface area (Å²) in [5.41, 5.74) is 2.23. The van der Waals surface area contributed by atoms with Crippen molar-refractivity contribution in [1.82, 2.24) is 0 Å². The Morgan fingerprint density at radius 3 is 2.20 bits per heavy atom. The van der Waals surface area contributed by atoms with Gasteiger partial charge in [-0.2, -0.15) is 0 Å². The van der Waals surface area contributed by atoms with Crippen molar-refractivity contribution in [3.8, 4) is 0 Å². The third kappa shape index (κ3) is 3.27. The van der Waals surface area contributed by atoms with Crippen LogP contribution in [0.2, 0.25) is 0 Å². The van der Waals surface area contributed by atoms with Gasteiger partial charge in [-0.3, -0.25) is 4.79 Å². The van der Waals surface area contributed by atoms with Crippen LogP contribution in [0.1, 0.15) is 30.9 Å². The van der Waals surface area contributed by atoms with Crippen molar-refractivity contribution in [2.45, 2.75) is 25.3 Å². The maximum absolute atomic E-state index is 12.1. The Morgan fingerprint density at radius 2 is 1.60 bits per heavy atom. The van der Waals surface area contributed by atoms with Gasteiger partial charge in [0.25, 0.3) is 0 Å².